The number of aromatic nitrogens is 1. The number of carbonyl (C=O) groups excluding carboxylic acids is 1. The Morgan fingerprint density at radius 3 is 2.79 bits per heavy atom. The molecule has 10 heteroatoms. The molecule has 0 radical (unpaired) electrons. The summed E-state index contributed by atoms with van der Waals surface area (Å²) in [5.74, 6) is -0.826. The Balaban J connectivity index is 1.74. The monoisotopic (exact) mass is 370 g/mol. The summed E-state index contributed by atoms with van der Waals surface area (Å²) in [4.78, 5) is 16.5. The lowest BCUT2D eigenvalue weighted by molar-refractivity contribution is 0.0958. The summed E-state index contributed by atoms with van der Waals surface area (Å²) in [6.45, 7) is 1.83. The van der Waals surface area contributed by atoms with Gasteiger partial charge in [0.15, 0.2) is 0 Å². The third-order valence-electron chi connectivity index (χ3n) is 3.72. The van der Waals surface area contributed by atoms with E-state index in [1.807, 2.05) is 0 Å². The van der Waals surface area contributed by atoms with Crippen molar-refractivity contribution in [1.82, 2.24) is 10.3 Å². The first-order valence-electron chi connectivity index (χ1n) is 7.07. The Labute approximate surface area is 142 Å². The summed E-state index contributed by atoms with van der Waals surface area (Å²) in [6.07, 6.45) is 0. The van der Waals surface area contributed by atoms with Crippen molar-refractivity contribution >= 4 is 38.8 Å². The normalized spacial score (nSPS) is 15.5. The minimum atomic E-state index is -3.76. The van der Waals surface area contributed by atoms with Gasteiger partial charge in [0.2, 0.25) is 0 Å². The Morgan fingerprint density at radius 2 is 2.12 bits per heavy atom. The number of hydrogen-bond donors (Lipinski definition) is 1. The lowest BCUT2D eigenvalue weighted by Gasteiger charge is -2.19. The second kappa shape index (κ2) is 6.02. The third kappa shape index (κ3) is 2.71. The molecule has 2 aromatic rings. The largest absolute Gasteiger partial charge is 0.349 e. The van der Waals surface area contributed by atoms with Crippen LogP contribution in [-0.2, 0) is 10.2 Å². The second-order valence-corrected chi connectivity index (χ2v) is 7.94. The Morgan fingerprint density at radius 1 is 1.38 bits per heavy atom. The fourth-order valence-corrected chi connectivity index (χ4v) is 4.60. The van der Waals surface area contributed by atoms with Crippen LogP contribution in [0.3, 0.4) is 0 Å². The van der Waals surface area contributed by atoms with E-state index in [0.717, 1.165) is 8.61 Å². The molecule has 2 heterocycles. The average molecular weight is 370 g/mol. The maximum atomic E-state index is 13.5. The Bertz CT molecular complexity index is 897. The van der Waals surface area contributed by atoms with Crippen molar-refractivity contribution in [3.8, 4) is 0 Å². The molecule has 7 nitrogen and oxygen atoms in total. The van der Waals surface area contributed by atoms with Gasteiger partial charge in [0.05, 0.1) is 29.1 Å². The van der Waals surface area contributed by atoms with Crippen molar-refractivity contribution in [3.63, 3.8) is 0 Å². The fraction of sp³-hybridized carbons (Fsp3) is 0.286. The maximum absolute atomic E-state index is 13.5. The third-order valence-corrected chi connectivity index (χ3v) is 6.47. The minimum Gasteiger partial charge on any atom is -0.349 e. The molecule has 0 bridgehead atoms. The highest BCUT2D eigenvalue weighted by atomic mass is 32.2. The molecule has 24 heavy (non-hydrogen) atoms. The molecule has 0 saturated carbocycles. The number of carbonyl (C=O) groups is 1. The molecule has 1 amide bonds. The van der Waals surface area contributed by atoms with E-state index in [9.17, 15) is 17.6 Å². The van der Waals surface area contributed by atoms with Crippen LogP contribution in [0.4, 0.5) is 15.8 Å². The van der Waals surface area contributed by atoms with E-state index in [0.29, 0.717) is 16.3 Å². The number of aryl methyl sites for hydroxylation is 1. The number of halogens is 1. The molecule has 0 spiro atoms. The first-order valence-corrected chi connectivity index (χ1v) is 9.34. The first-order chi connectivity index (χ1) is 11.3. The van der Waals surface area contributed by atoms with E-state index in [2.05, 4.69) is 10.3 Å². The van der Waals surface area contributed by atoms with Crippen LogP contribution >= 0.6 is 11.3 Å². The van der Waals surface area contributed by atoms with Gasteiger partial charge in [-0.25, -0.2) is 13.7 Å². The van der Waals surface area contributed by atoms with Gasteiger partial charge in [0.25, 0.3) is 5.91 Å². The molecule has 0 aliphatic carbocycles. The SMILES string of the molecule is Cc1ncsc1C(=O)NCCN1c2cc(F)ccc2N(C)S1(=O)=O. The molecule has 1 aliphatic rings. The van der Waals surface area contributed by atoms with E-state index >= 15 is 0 Å². The molecular formula is C14H15FN4O3S2. The van der Waals surface area contributed by atoms with Gasteiger partial charge in [0.1, 0.15) is 10.7 Å². The van der Waals surface area contributed by atoms with Crippen molar-refractivity contribution in [2.75, 3.05) is 28.7 Å². The van der Waals surface area contributed by atoms with Crippen LogP contribution in [0, 0.1) is 12.7 Å². The van der Waals surface area contributed by atoms with E-state index < -0.39 is 16.0 Å². The zero-order valence-electron chi connectivity index (χ0n) is 13.0. The van der Waals surface area contributed by atoms with Gasteiger partial charge in [-0.15, -0.1) is 11.3 Å². The van der Waals surface area contributed by atoms with Gasteiger partial charge in [-0.1, -0.05) is 0 Å². The lowest BCUT2D eigenvalue weighted by atomic mass is 10.2. The van der Waals surface area contributed by atoms with Crippen LogP contribution < -0.4 is 13.9 Å². The van der Waals surface area contributed by atoms with Gasteiger partial charge in [-0.3, -0.25) is 9.10 Å². The molecule has 0 unspecified atom stereocenters. The highest BCUT2D eigenvalue weighted by Gasteiger charge is 2.37. The van der Waals surface area contributed by atoms with Crippen LogP contribution in [-0.4, -0.2) is 39.4 Å². The van der Waals surface area contributed by atoms with Gasteiger partial charge in [0, 0.05) is 19.7 Å². The summed E-state index contributed by atoms with van der Waals surface area (Å²) >= 11 is 1.22. The van der Waals surface area contributed by atoms with Crippen molar-refractivity contribution in [2.24, 2.45) is 0 Å². The number of nitrogens with one attached hydrogen (secondary N) is 1. The molecule has 0 saturated heterocycles. The van der Waals surface area contributed by atoms with Crippen molar-refractivity contribution in [1.29, 1.82) is 0 Å². The number of thiazole rings is 1. The second-order valence-electron chi connectivity index (χ2n) is 5.20. The molecule has 3 rings (SSSR count). The highest BCUT2D eigenvalue weighted by Crippen LogP contribution is 2.39. The molecular weight excluding hydrogens is 355 g/mol. The standard InChI is InChI=1S/C14H15FN4O3S2/c1-9-13(23-8-17-9)14(20)16-5-6-19-12-7-10(15)3-4-11(12)18(2)24(19,21)22/h3-4,7-8H,5-6H2,1-2H3,(H,16,20). The van der Waals surface area contributed by atoms with Crippen molar-refractivity contribution < 1.29 is 17.6 Å². The highest BCUT2D eigenvalue weighted by molar-refractivity contribution is 7.94. The molecule has 128 valence electrons. The number of amides is 1. The minimum absolute atomic E-state index is 0.00666. The predicted molar refractivity (Wildman–Crippen MR) is 90.3 cm³/mol. The van der Waals surface area contributed by atoms with Crippen molar-refractivity contribution in [3.05, 3.63) is 40.1 Å². The predicted octanol–water partition coefficient (Wildman–Crippen LogP) is 1.52. The van der Waals surface area contributed by atoms with Gasteiger partial charge >= 0.3 is 10.2 Å². The van der Waals surface area contributed by atoms with E-state index in [4.69, 9.17) is 0 Å². The number of hydrogen-bond acceptors (Lipinski definition) is 5. The van der Waals surface area contributed by atoms with E-state index in [1.54, 1.807) is 12.4 Å². The quantitative estimate of drug-likeness (QED) is 0.885. The Kier molecular flexibility index (Phi) is 4.18. The smallest absolute Gasteiger partial charge is 0.326 e. The van der Waals surface area contributed by atoms with E-state index in [-0.39, 0.29) is 24.7 Å². The van der Waals surface area contributed by atoms with Crippen LogP contribution in [0.5, 0.6) is 0 Å². The molecule has 1 aromatic heterocycles. The van der Waals surface area contributed by atoms with Crippen LogP contribution in [0.2, 0.25) is 0 Å². The fourth-order valence-electron chi connectivity index (χ4n) is 2.47. The number of nitrogens with zero attached hydrogens (tertiary/aromatic N) is 3. The summed E-state index contributed by atoms with van der Waals surface area (Å²) in [5, 5.41) is 2.66. The lowest BCUT2D eigenvalue weighted by Crippen LogP contribution is -2.40. The van der Waals surface area contributed by atoms with Crippen molar-refractivity contribution in [2.45, 2.75) is 6.92 Å². The van der Waals surface area contributed by atoms with E-state index in [1.165, 1.54) is 36.6 Å². The van der Waals surface area contributed by atoms with Gasteiger partial charge in [-0.05, 0) is 19.1 Å². The molecule has 1 aromatic carbocycles. The Hall–Kier alpha value is -2.20. The van der Waals surface area contributed by atoms with Crippen LogP contribution in [0.25, 0.3) is 0 Å². The van der Waals surface area contributed by atoms with Crippen LogP contribution in [0.15, 0.2) is 23.7 Å². The average Bonchev–Trinajstić information content (AvgIpc) is 3.02. The van der Waals surface area contributed by atoms with Gasteiger partial charge < -0.3 is 5.32 Å². The first kappa shape index (κ1) is 16.7. The summed E-state index contributed by atoms with van der Waals surface area (Å²) in [6, 6.07) is 3.80. The van der Waals surface area contributed by atoms with Crippen LogP contribution in [0.1, 0.15) is 15.4 Å². The number of fused-ring (bicyclic) bond motifs is 1. The summed E-state index contributed by atoms with van der Waals surface area (Å²) in [7, 11) is -2.35. The summed E-state index contributed by atoms with van der Waals surface area (Å²) < 4.78 is 40.5. The summed E-state index contributed by atoms with van der Waals surface area (Å²) in [5.41, 5.74) is 2.86. The van der Waals surface area contributed by atoms with Gasteiger partial charge in [-0.2, -0.15) is 8.42 Å². The zero-order chi connectivity index (χ0) is 17.5. The number of benzene rings is 1. The number of rotatable bonds is 4. The zero-order valence-corrected chi connectivity index (χ0v) is 14.6. The maximum Gasteiger partial charge on any atom is 0.326 e. The molecule has 0 atom stereocenters. The topological polar surface area (TPSA) is 82.6 Å². The number of anilines is 2. The molecule has 1 N–H and O–H groups in total. The molecule has 0 fully saturated rings. The molecule has 1 aliphatic heterocycles.